The zero-order chi connectivity index (χ0) is 9.84. The van der Waals surface area contributed by atoms with E-state index in [0.29, 0.717) is 5.02 Å². The highest BCUT2D eigenvalue weighted by Crippen LogP contribution is 2.25. The molecular formula is C10H15ClN2. The molecule has 0 fully saturated rings. The van der Waals surface area contributed by atoms with Crippen LogP contribution in [0.2, 0.25) is 5.02 Å². The van der Waals surface area contributed by atoms with Crippen molar-refractivity contribution < 1.29 is 0 Å². The average Bonchev–Trinajstić information content (AvgIpc) is 2.09. The van der Waals surface area contributed by atoms with Crippen LogP contribution in [0.25, 0.3) is 0 Å². The van der Waals surface area contributed by atoms with Gasteiger partial charge in [0.05, 0.1) is 0 Å². The summed E-state index contributed by atoms with van der Waals surface area (Å²) < 4.78 is 0. The quantitative estimate of drug-likeness (QED) is 0.734. The minimum atomic E-state index is 0.00343. The van der Waals surface area contributed by atoms with E-state index in [4.69, 9.17) is 23.1 Å². The maximum absolute atomic E-state index is 5.94. The minimum absolute atomic E-state index is 0.00343. The normalized spacial score (nSPS) is 12.8. The maximum Gasteiger partial charge on any atom is 0.0410 e. The molecule has 4 N–H and O–H groups in total. The van der Waals surface area contributed by atoms with Gasteiger partial charge in [0.25, 0.3) is 0 Å². The van der Waals surface area contributed by atoms with Gasteiger partial charge in [-0.3, -0.25) is 0 Å². The molecule has 13 heavy (non-hydrogen) atoms. The van der Waals surface area contributed by atoms with E-state index in [1.54, 1.807) is 12.1 Å². The maximum atomic E-state index is 5.94. The third-order valence-corrected chi connectivity index (χ3v) is 2.28. The molecule has 0 bridgehead atoms. The fourth-order valence-corrected chi connectivity index (χ4v) is 1.51. The Bertz CT molecular complexity index is 286. The Morgan fingerprint density at radius 3 is 2.77 bits per heavy atom. The molecule has 0 saturated carbocycles. The first-order chi connectivity index (χ1) is 6.15. The van der Waals surface area contributed by atoms with Gasteiger partial charge in [-0.15, -0.1) is 0 Å². The summed E-state index contributed by atoms with van der Waals surface area (Å²) in [6.45, 7) is 2.10. The Kier molecular flexibility index (Phi) is 3.58. The third kappa shape index (κ3) is 2.61. The Balaban J connectivity index is 2.91. The molecule has 3 heteroatoms. The lowest BCUT2D eigenvalue weighted by Gasteiger charge is -2.13. The topological polar surface area (TPSA) is 52.0 Å². The Morgan fingerprint density at radius 1 is 1.46 bits per heavy atom. The number of nitrogens with two attached hydrogens (primary N) is 2. The van der Waals surface area contributed by atoms with Crippen LogP contribution in [0.1, 0.15) is 31.4 Å². The van der Waals surface area contributed by atoms with E-state index in [1.807, 2.05) is 6.07 Å². The van der Waals surface area contributed by atoms with Crippen molar-refractivity contribution in [1.29, 1.82) is 0 Å². The first-order valence-corrected chi connectivity index (χ1v) is 4.83. The molecule has 0 aliphatic rings. The molecule has 0 spiro atoms. The summed E-state index contributed by atoms with van der Waals surface area (Å²) >= 11 is 5.85. The predicted molar refractivity (Wildman–Crippen MR) is 57.7 cm³/mol. The predicted octanol–water partition coefficient (Wildman–Crippen LogP) is 2.72. The summed E-state index contributed by atoms with van der Waals surface area (Å²) in [5.74, 6) is 0. The van der Waals surface area contributed by atoms with E-state index < -0.39 is 0 Å². The van der Waals surface area contributed by atoms with Crippen molar-refractivity contribution in [3.63, 3.8) is 0 Å². The first-order valence-electron chi connectivity index (χ1n) is 4.45. The average molecular weight is 199 g/mol. The molecule has 1 aromatic carbocycles. The standard InChI is InChI=1S/C10H15ClN2/c1-2-3-9(12)8-6-7(11)4-5-10(8)13/h4-6,9H,2-3,12-13H2,1H3/t9-/m1/s1. The van der Waals surface area contributed by atoms with Crippen LogP contribution in [-0.2, 0) is 0 Å². The number of nitrogen functional groups attached to an aromatic ring is 1. The summed E-state index contributed by atoms with van der Waals surface area (Å²) in [7, 11) is 0. The van der Waals surface area contributed by atoms with Gasteiger partial charge in [-0.25, -0.2) is 0 Å². The van der Waals surface area contributed by atoms with Crippen LogP contribution in [0, 0.1) is 0 Å². The zero-order valence-electron chi connectivity index (χ0n) is 7.76. The van der Waals surface area contributed by atoms with Crippen LogP contribution >= 0.6 is 11.6 Å². The van der Waals surface area contributed by atoms with Crippen LogP contribution in [-0.4, -0.2) is 0 Å². The summed E-state index contributed by atoms with van der Waals surface area (Å²) in [5.41, 5.74) is 13.4. The highest BCUT2D eigenvalue weighted by atomic mass is 35.5. The monoisotopic (exact) mass is 198 g/mol. The lowest BCUT2D eigenvalue weighted by molar-refractivity contribution is 0.640. The zero-order valence-corrected chi connectivity index (χ0v) is 8.51. The number of rotatable bonds is 3. The summed E-state index contributed by atoms with van der Waals surface area (Å²) in [6.07, 6.45) is 1.98. The van der Waals surface area contributed by atoms with Crippen LogP contribution in [0.5, 0.6) is 0 Å². The van der Waals surface area contributed by atoms with Gasteiger partial charge in [0.1, 0.15) is 0 Å². The fraction of sp³-hybridized carbons (Fsp3) is 0.400. The first kappa shape index (κ1) is 10.4. The van der Waals surface area contributed by atoms with Gasteiger partial charge in [0.2, 0.25) is 0 Å². The molecule has 0 amide bonds. The van der Waals surface area contributed by atoms with Gasteiger partial charge in [-0.2, -0.15) is 0 Å². The van der Waals surface area contributed by atoms with Gasteiger partial charge >= 0.3 is 0 Å². The molecule has 2 nitrogen and oxygen atoms in total. The van der Waals surface area contributed by atoms with Crippen molar-refractivity contribution in [2.45, 2.75) is 25.8 Å². The van der Waals surface area contributed by atoms with Gasteiger partial charge in [-0.05, 0) is 30.2 Å². The summed E-state index contributed by atoms with van der Waals surface area (Å²) in [4.78, 5) is 0. The lowest BCUT2D eigenvalue weighted by atomic mass is 10.0. The van der Waals surface area contributed by atoms with Crippen LogP contribution in [0.3, 0.4) is 0 Å². The van der Waals surface area contributed by atoms with E-state index in [1.165, 1.54) is 0 Å². The van der Waals surface area contributed by atoms with E-state index in [2.05, 4.69) is 6.92 Å². The second-order valence-electron chi connectivity index (χ2n) is 3.17. The number of anilines is 1. The van der Waals surface area contributed by atoms with Crippen LogP contribution < -0.4 is 11.5 Å². The van der Waals surface area contributed by atoms with E-state index in [9.17, 15) is 0 Å². The molecule has 1 rings (SSSR count). The fourth-order valence-electron chi connectivity index (χ4n) is 1.33. The third-order valence-electron chi connectivity index (χ3n) is 2.05. The highest BCUT2D eigenvalue weighted by Gasteiger charge is 2.08. The molecule has 0 aromatic heterocycles. The Morgan fingerprint density at radius 2 is 2.15 bits per heavy atom. The Hall–Kier alpha value is -0.730. The number of halogens is 1. The molecule has 1 aromatic rings. The van der Waals surface area contributed by atoms with Crippen molar-refractivity contribution in [2.75, 3.05) is 5.73 Å². The molecule has 1 atom stereocenters. The van der Waals surface area contributed by atoms with Crippen molar-refractivity contribution in [3.05, 3.63) is 28.8 Å². The van der Waals surface area contributed by atoms with Gasteiger partial charge < -0.3 is 11.5 Å². The van der Waals surface area contributed by atoms with E-state index in [-0.39, 0.29) is 6.04 Å². The largest absolute Gasteiger partial charge is 0.398 e. The molecule has 0 heterocycles. The summed E-state index contributed by atoms with van der Waals surface area (Å²) in [6, 6.07) is 5.42. The Labute approximate surface area is 83.9 Å². The smallest absolute Gasteiger partial charge is 0.0410 e. The molecule has 0 saturated heterocycles. The minimum Gasteiger partial charge on any atom is -0.398 e. The second-order valence-corrected chi connectivity index (χ2v) is 3.60. The highest BCUT2D eigenvalue weighted by molar-refractivity contribution is 6.30. The van der Waals surface area contributed by atoms with Gasteiger partial charge in [0.15, 0.2) is 0 Å². The van der Waals surface area contributed by atoms with Crippen LogP contribution in [0.4, 0.5) is 5.69 Å². The molecule has 0 radical (unpaired) electrons. The van der Waals surface area contributed by atoms with Crippen LogP contribution in [0.15, 0.2) is 18.2 Å². The molecule has 72 valence electrons. The molecular weight excluding hydrogens is 184 g/mol. The summed E-state index contributed by atoms with van der Waals surface area (Å²) in [5, 5.41) is 0.691. The number of benzene rings is 1. The molecule has 0 aliphatic carbocycles. The van der Waals surface area contributed by atoms with Crippen molar-refractivity contribution in [1.82, 2.24) is 0 Å². The van der Waals surface area contributed by atoms with E-state index >= 15 is 0 Å². The van der Waals surface area contributed by atoms with Crippen molar-refractivity contribution >= 4 is 17.3 Å². The number of hydrogen-bond acceptors (Lipinski definition) is 2. The van der Waals surface area contributed by atoms with Gasteiger partial charge in [-0.1, -0.05) is 24.9 Å². The van der Waals surface area contributed by atoms with E-state index in [0.717, 1.165) is 24.1 Å². The molecule has 0 unspecified atom stereocenters. The second kappa shape index (κ2) is 4.49. The van der Waals surface area contributed by atoms with Crippen molar-refractivity contribution in [2.24, 2.45) is 5.73 Å². The molecule has 0 aliphatic heterocycles. The SMILES string of the molecule is CCC[C@@H](N)c1cc(Cl)ccc1N. The lowest BCUT2D eigenvalue weighted by Crippen LogP contribution is -2.11. The number of hydrogen-bond donors (Lipinski definition) is 2. The van der Waals surface area contributed by atoms with Gasteiger partial charge in [0, 0.05) is 16.8 Å². The van der Waals surface area contributed by atoms with Crippen molar-refractivity contribution in [3.8, 4) is 0 Å².